The molecule has 7 heteroatoms. The third-order valence-corrected chi connectivity index (χ3v) is 5.64. The van der Waals surface area contributed by atoms with E-state index < -0.39 is 0 Å². The van der Waals surface area contributed by atoms with Crippen LogP contribution in [-0.2, 0) is 4.74 Å². The van der Waals surface area contributed by atoms with Gasteiger partial charge < -0.3 is 19.4 Å². The first-order chi connectivity index (χ1) is 13.6. The first-order valence-corrected chi connectivity index (χ1v) is 9.89. The molecule has 2 aliphatic rings. The van der Waals surface area contributed by atoms with E-state index >= 15 is 0 Å². The second-order valence-electron chi connectivity index (χ2n) is 7.34. The molecule has 0 N–H and O–H groups in total. The molecule has 0 aliphatic carbocycles. The number of aryl methyl sites for hydroxylation is 1. The minimum atomic E-state index is -0.0408. The Morgan fingerprint density at radius 2 is 1.68 bits per heavy atom. The molecule has 1 aromatic carbocycles. The molecule has 1 aromatic heterocycles. The van der Waals surface area contributed by atoms with Gasteiger partial charge in [0.15, 0.2) is 0 Å². The number of hydrogen-bond donors (Lipinski definition) is 0. The van der Waals surface area contributed by atoms with E-state index in [-0.39, 0.29) is 5.91 Å². The number of rotatable bonds is 3. The first-order valence-electron chi connectivity index (χ1n) is 9.89. The summed E-state index contributed by atoms with van der Waals surface area (Å²) in [5.41, 5.74) is 4.42. The minimum Gasteiger partial charge on any atom is -0.378 e. The van der Waals surface area contributed by atoms with Crippen LogP contribution in [0.5, 0.6) is 0 Å². The molecule has 28 heavy (non-hydrogen) atoms. The summed E-state index contributed by atoms with van der Waals surface area (Å²) in [6, 6.07) is 8.16. The second kappa shape index (κ2) is 8.14. The molecule has 0 unspecified atom stereocenters. The fourth-order valence-corrected chi connectivity index (χ4v) is 3.77. The third-order valence-electron chi connectivity index (χ3n) is 5.64. The Kier molecular flexibility index (Phi) is 5.43. The largest absolute Gasteiger partial charge is 0.378 e. The van der Waals surface area contributed by atoms with Crippen LogP contribution in [0.3, 0.4) is 0 Å². The lowest BCUT2D eigenvalue weighted by Gasteiger charge is -2.37. The zero-order valence-corrected chi connectivity index (χ0v) is 16.6. The van der Waals surface area contributed by atoms with Crippen molar-refractivity contribution in [2.24, 2.45) is 0 Å². The van der Waals surface area contributed by atoms with Gasteiger partial charge in [0, 0.05) is 51.2 Å². The summed E-state index contributed by atoms with van der Waals surface area (Å²) >= 11 is 0. The number of hydrogen-bond acceptors (Lipinski definition) is 6. The Hall–Kier alpha value is -2.67. The molecular formula is C21H27N5O2. The van der Waals surface area contributed by atoms with Crippen LogP contribution >= 0.6 is 0 Å². The number of carbonyl (C=O) groups excluding carboxylic acids is 1. The molecule has 3 heterocycles. The predicted octanol–water partition coefficient (Wildman–Crippen LogP) is 1.89. The number of benzene rings is 1. The van der Waals surface area contributed by atoms with Crippen LogP contribution in [0.15, 0.2) is 30.5 Å². The highest BCUT2D eigenvalue weighted by atomic mass is 16.5. The normalized spacial score (nSPS) is 17.7. The van der Waals surface area contributed by atoms with E-state index in [2.05, 4.69) is 51.8 Å². The van der Waals surface area contributed by atoms with Gasteiger partial charge in [-0.1, -0.05) is 12.1 Å². The number of ether oxygens (including phenoxy) is 1. The van der Waals surface area contributed by atoms with Crippen molar-refractivity contribution in [3.8, 4) is 0 Å². The lowest BCUT2D eigenvalue weighted by Crippen LogP contribution is -2.47. The van der Waals surface area contributed by atoms with Gasteiger partial charge in [0.25, 0.3) is 5.91 Å². The molecule has 2 fully saturated rings. The molecular weight excluding hydrogens is 354 g/mol. The monoisotopic (exact) mass is 381 g/mol. The summed E-state index contributed by atoms with van der Waals surface area (Å²) in [7, 11) is 0. The highest BCUT2D eigenvalue weighted by Crippen LogP contribution is 2.24. The van der Waals surface area contributed by atoms with Crippen molar-refractivity contribution in [1.82, 2.24) is 14.9 Å². The average molecular weight is 381 g/mol. The topological polar surface area (TPSA) is 61.8 Å². The summed E-state index contributed by atoms with van der Waals surface area (Å²) in [6.07, 6.45) is 1.69. The molecule has 0 bridgehead atoms. The Morgan fingerprint density at radius 1 is 0.964 bits per heavy atom. The smallest absolute Gasteiger partial charge is 0.272 e. The van der Waals surface area contributed by atoms with Crippen molar-refractivity contribution in [1.29, 1.82) is 0 Å². The van der Waals surface area contributed by atoms with E-state index in [4.69, 9.17) is 4.74 Å². The lowest BCUT2D eigenvalue weighted by molar-refractivity contribution is 0.0299. The molecule has 2 aliphatic heterocycles. The summed E-state index contributed by atoms with van der Waals surface area (Å²) in [6.45, 7) is 10.2. The van der Waals surface area contributed by atoms with Crippen LogP contribution in [0.1, 0.15) is 21.6 Å². The van der Waals surface area contributed by atoms with Crippen molar-refractivity contribution in [3.05, 3.63) is 47.3 Å². The summed E-state index contributed by atoms with van der Waals surface area (Å²) < 4.78 is 5.33. The average Bonchev–Trinajstić information content (AvgIpc) is 2.76. The quantitative estimate of drug-likeness (QED) is 0.809. The molecule has 0 spiro atoms. The zero-order chi connectivity index (χ0) is 19.5. The highest BCUT2D eigenvalue weighted by Gasteiger charge is 2.23. The van der Waals surface area contributed by atoms with Crippen molar-refractivity contribution in [3.63, 3.8) is 0 Å². The maximum Gasteiger partial charge on any atom is 0.272 e. The minimum absolute atomic E-state index is 0.0408. The van der Waals surface area contributed by atoms with Gasteiger partial charge in [-0.3, -0.25) is 4.79 Å². The Bertz CT molecular complexity index is 842. The summed E-state index contributed by atoms with van der Waals surface area (Å²) in [5.74, 6) is 0.598. The number of carbonyl (C=O) groups is 1. The molecule has 2 saturated heterocycles. The van der Waals surface area contributed by atoms with Crippen LogP contribution in [0.2, 0.25) is 0 Å². The van der Waals surface area contributed by atoms with Gasteiger partial charge in [0.2, 0.25) is 5.95 Å². The van der Waals surface area contributed by atoms with E-state index in [1.54, 1.807) is 17.2 Å². The predicted molar refractivity (Wildman–Crippen MR) is 109 cm³/mol. The van der Waals surface area contributed by atoms with Crippen LogP contribution in [0.4, 0.5) is 11.6 Å². The van der Waals surface area contributed by atoms with E-state index in [1.165, 1.54) is 16.8 Å². The van der Waals surface area contributed by atoms with Gasteiger partial charge in [-0.25, -0.2) is 9.97 Å². The molecule has 0 saturated carbocycles. The van der Waals surface area contributed by atoms with Crippen molar-refractivity contribution < 1.29 is 9.53 Å². The number of morpholine rings is 1. The fraction of sp³-hybridized carbons (Fsp3) is 0.476. The summed E-state index contributed by atoms with van der Waals surface area (Å²) in [5, 5.41) is 0. The molecule has 2 aromatic rings. The first kappa shape index (κ1) is 18.7. The third kappa shape index (κ3) is 3.80. The lowest BCUT2D eigenvalue weighted by atomic mass is 10.1. The van der Waals surface area contributed by atoms with E-state index in [0.29, 0.717) is 37.9 Å². The number of piperazine rings is 1. The van der Waals surface area contributed by atoms with Gasteiger partial charge in [-0.15, -0.1) is 0 Å². The van der Waals surface area contributed by atoms with E-state index in [1.807, 2.05) is 0 Å². The zero-order valence-electron chi connectivity index (χ0n) is 16.6. The van der Waals surface area contributed by atoms with Crippen molar-refractivity contribution >= 4 is 17.5 Å². The maximum absolute atomic E-state index is 12.7. The van der Waals surface area contributed by atoms with Crippen LogP contribution in [0.25, 0.3) is 0 Å². The fourth-order valence-electron chi connectivity index (χ4n) is 3.77. The van der Waals surface area contributed by atoms with Crippen molar-refractivity contribution in [2.75, 3.05) is 62.3 Å². The Labute approximate surface area is 165 Å². The second-order valence-corrected chi connectivity index (χ2v) is 7.34. The van der Waals surface area contributed by atoms with Gasteiger partial charge in [-0.2, -0.15) is 0 Å². The van der Waals surface area contributed by atoms with Gasteiger partial charge >= 0.3 is 0 Å². The SMILES string of the molecule is Cc1cccc(N2CCN(c3nccc(C(=O)N4CCOCC4)n3)CC2)c1C. The molecule has 1 amide bonds. The summed E-state index contributed by atoms with van der Waals surface area (Å²) in [4.78, 5) is 28.1. The Balaban J connectivity index is 1.43. The maximum atomic E-state index is 12.7. The van der Waals surface area contributed by atoms with Crippen molar-refractivity contribution in [2.45, 2.75) is 13.8 Å². The standard InChI is InChI=1S/C21H27N5O2/c1-16-4-3-5-19(17(16)2)24-8-10-26(11-9-24)21-22-7-6-18(23-21)20(27)25-12-14-28-15-13-25/h3-7H,8-15H2,1-2H3. The Morgan fingerprint density at radius 3 is 2.43 bits per heavy atom. The molecule has 0 radical (unpaired) electrons. The van der Waals surface area contributed by atoms with Gasteiger partial charge in [-0.05, 0) is 37.1 Å². The number of amides is 1. The van der Waals surface area contributed by atoms with Crippen LogP contribution < -0.4 is 9.80 Å². The van der Waals surface area contributed by atoms with E-state index in [0.717, 1.165) is 26.2 Å². The highest BCUT2D eigenvalue weighted by molar-refractivity contribution is 5.92. The molecule has 4 rings (SSSR count). The number of aromatic nitrogens is 2. The number of anilines is 2. The molecule has 7 nitrogen and oxygen atoms in total. The van der Waals surface area contributed by atoms with Gasteiger partial charge in [0.1, 0.15) is 5.69 Å². The van der Waals surface area contributed by atoms with E-state index in [9.17, 15) is 4.79 Å². The number of nitrogens with zero attached hydrogens (tertiary/aromatic N) is 5. The van der Waals surface area contributed by atoms with Crippen LogP contribution in [-0.4, -0.2) is 73.3 Å². The van der Waals surface area contributed by atoms with Gasteiger partial charge in [0.05, 0.1) is 13.2 Å². The van der Waals surface area contributed by atoms with Crippen LogP contribution in [0, 0.1) is 13.8 Å². The molecule has 148 valence electrons. The molecule has 0 atom stereocenters.